The molecule has 104 valence electrons. The molecule has 1 aromatic rings. The minimum absolute atomic E-state index is 0.116. The lowest BCUT2D eigenvalue weighted by molar-refractivity contribution is 0.253. The van der Waals surface area contributed by atoms with Crippen molar-refractivity contribution in [1.29, 1.82) is 0 Å². The summed E-state index contributed by atoms with van der Waals surface area (Å²) in [7, 11) is 3.46. The Balaban J connectivity index is 1.90. The fraction of sp³-hybridized carbons (Fsp3) is 0.625. The average molecular weight is 263 g/mol. The fourth-order valence-corrected chi connectivity index (χ4v) is 4.23. The van der Waals surface area contributed by atoms with Gasteiger partial charge < -0.3 is 10.1 Å². The minimum Gasteiger partial charge on any atom is -0.494 e. The van der Waals surface area contributed by atoms with Gasteiger partial charge in [0.15, 0.2) is 11.6 Å². The second-order valence-electron chi connectivity index (χ2n) is 5.97. The van der Waals surface area contributed by atoms with E-state index in [0.717, 1.165) is 17.4 Å². The van der Waals surface area contributed by atoms with E-state index in [4.69, 9.17) is 4.74 Å². The molecule has 4 atom stereocenters. The van der Waals surface area contributed by atoms with Crippen molar-refractivity contribution in [2.24, 2.45) is 17.8 Å². The molecule has 2 fully saturated rings. The number of nitrogens with one attached hydrogen (secondary N) is 1. The van der Waals surface area contributed by atoms with E-state index in [9.17, 15) is 4.39 Å². The Labute approximate surface area is 114 Å². The number of benzene rings is 1. The summed E-state index contributed by atoms with van der Waals surface area (Å²) in [6.07, 6.45) is 5.28. The lowest BCUT2D eigenvalue weighted by Crippen LogP contribution is -2.29. The van der Waals surface area contributed by atoms with Crippen molar-refractivity contribution < 1.29 is 9.13 Å². The van der Waals surface area contributed by atoms with Crippen LogP contribution in [0.1, 0.15) is 37.3 Å². The van der Waals surface area contributed by atoms with Crippen LogP contribution in [0.4, 0.5) is 4.39 Å². The van der Waals surface area contributed by atoms with Crippen molar-refractivity contribution >= 4 is 0 Å². The van der Waals surface area contributed by atoms with Gasteiger partial charge in [-0.05, 0) is 50.1 Å². The molecule has 0 spiro atoms. The van der Waals surface area contributed by atoms with Crippen molar-refractivity contribution in [3.05, 3.63) is 29.6 Å². The third kappa shape index (κ3) is 2.14. The number of fused-ring (bicyclic) bond motifs is 2. The topological polar surface area (TPSA) is 21.3 Å². The van der Waals surface area contributed by atoms with Gasteiger partial charge >= 0.3 is 0 Å². The van der Waals surface area contributed by atoms with Crippen molar-refractivity contribution in [3.8, 4) is 5.75 Å². The normalized spacial score (nSPS) is 30.6. The molecule has 3 heteroatoms. The van der Waals surface area contributed by atoms with E-state index in [2.05, 4.69) is 5.32 Å². The van der Waals surface area contributed by atoms with Gasteiger partial charge in [-0.2, -0.15) is 0 Å². The van der Waals surface area contributed by atoms with Crippen LogP contribution in [0.2, 0.25) is 0 Å². The number of hydrogen-bond donors (Lipinski definition) is 1. The summed E-state index contributed by atoms with van der Waals surface area (Å²) < 4.78 is 19.5. The van der Waals surface area contributed by atoms with Gasteiger partial charge in [-0.25, -0.2) is 4.39 Å². The lowest BCUT2D eigenvalue weighted by atomic mass is 9.80. The highest BCUT2D eigenvalue weighted by Crippen LogP contribution is 2.52. The maximum Gasteiger partial charge on any atom is 0.169 e. The molecule has 19 heavy (non-hydrogen) atoms. The molecule has 4 unspecified atom stereocenters. The van der Waals surface area contributed by atoms with Crippen molar-refractivity contribution in [3.63, 3.8) is 0 Å². The van der Waals surface area contributed by atoms with Crippen molar-refractivity contribution in [2.45, 2.75) is 31.7 Å². The Bertz CT molecular complexity index is 462. The third-order valence-electron chi connectivity index (χ3n) is 5.08. The first-order chi connectivity index (χ1) is 9.24. The van der Waals surface area contributed by atoms with Gasteiger partial charge in [0.2, 0.25) is 0 Å². The van der Waals surface area contributed by atoms with Crippen LogP contribution < -0.4 is 10.1 Å². The Kier molecular flexibility index (Phi) is 3.48. The number of hydrogen-bond acceptors (Lipinski definition) is 2. The second-order valence-corrected chi connectivity index (χ2v) is 5.97. The number of ether oxygens (including phenoxy) is 1. The molecule has 2 bridgehead atoms. The highest BCUT2D eigenvalue weighted by molar-refractivity contribution is 5.33. The average Bonchev–Trinajstić information content (AvgIpc) is 3.04. The monoisotopic (exact) mass is 263 g/mol. The molecule has 2 nitrogen and oxygen atoms in total. The molecule has 2 aliphatic rings. The molecule has 2 saturated carbocycles. The van der Waals surface area contributed by atoms with Crippen LogP contribution >= 0.6 is 0 Å². The third-order valence-corrected chi connectivity index (χ3v) is 5.08. The van der Waals surface area contributed by atoms with Crippen LogP contribution in [0.5, 0.6) is 5.75 Å². The molecule has 3 rings (SSSR count). The highest BCUT2D eigenvalue weighted by atomic mass is 19.1. The molecule has 0 amide bonds. The largest absolute Gasteiger partial charge is 0.494 e. The van der Waals surface area contributed by atoms with Gasteiger partial charge in [-0.15, -0.1) is 0 Å². The van der Waals surface area contributed by atoms with Gasteiger partial charge in [0.1, 0.15) is 0 Å². The van der Waals surface area contributed by atoms with E-state index in [1.165, 1.54) is 32.8 Å². The quantitative estimate of drug-likeness (QED) is 0.897. The van der Waals surface area contributed by atoms with Crippen LogP contribution in [0, 0.1) is 23.6 Å². The SMILES string of the molecule is CNC(c1cccc(OC)c1F)C1CC2CCC1C2. The van der Waals surface area contributed by atoms with Crippen LogP contribution in [-0.2, 0) is 0 Å². The Morgan fingerprint density at radius 2 is 2.16 bits per heavy atom. The summed E-state index contributed by atoms with van der Waals surface area (Å²) >= 11 is 0. The molecular weight excluding hydrogens is 241 g/mol. The van der Waals surface area contributed by atoms with Gasteiger partial charge in [-0.1, -0.05) is 18.6 Å². The van der Waals surface area contributed by atoms with E-state index < -0.39 is 0 Å². The Hall–Kier alpha value is -1.09. The highest BCUT2D eigenvalue weighted by Gasteiger charge is 2.43. The first kappa shape index (κ1) is 12.9. The molecule has 1 aromatic carbocycles. The van der Waals surface area contributed by atoms with Crippen LogP contribution in [-0.4, -0.2) is 14.2 Å². The fourth-order valence-electron chi connectivity index (χ4n) is 4.23. The zero-order chi connectivity index (χ0) is 13.4. The predicted octanol–water partition coefficient (Wildman–Crippen LogP) is 3.53. The van der Waals surface area contributed by atoms with Crippen LogP contribution in [0.15, 0.2) is 18.2 Å². The van der Waals surface area contributed by atoms with Crippen molar-refractivity contribution in [1.82, 2.24) is 5.32 Å². The summed E-state index contributed by atoms with van der Waals surface area (Å²) in [6, 6.07) is 5.58. The van der Waals surface area contributed by atoms with Gasteiger partial charge in [-0.3, -0.25) is 0 Å². The van der Waals surface area contributed by atoms with Crippen LogP contribution in [0.25, 0.3) is 0 Å². The molecule has 2 aliphatic carbocycles. The van der Waals surface area contributed by atoms with Crippen LogP contribution in [0.3, 0.4) is 0 Å². The van der Waals surface area contributed by atoms with E-state index in [1.54, 1.807) is 6.07 Å². The molecule has 0 aliphatic heterocycles. The smallest absolute Gasteiger partial charge is 0.169 e. The molecule has 1 N–H and O–H groups in total. The lowest BCUT2D eigenvalue weighted by Gasteiger charge is -2.31. The van der Waals surface area contributed by atoms with Gasteiger partial charge in [0, 0.05) is 11.6 Å². The van der Waals surface area contributed by atoms with E-state index in [-0.39, 0.29) is 11.9 Å². The number of halogens is 1. The predicted molar refractivity (Wildman–Crippen MR) is 73.7 cm³/mol. The number of methoxy groups -OCH3 is 1. The molecular formula is C16H22FNO. The summed E-state index contributed by atoms with van der Waals surface area (Å²) in [6.45, 7) is 0. The first-order valence-electron chi connectivity index (χ1n) is 7.24. The van der Waals surface area contributed by atoms with E-state index in [1.807, 2.05) is 19.2 Å². The number of rotatable bonds is 4. The second kappa shape index (κ2) is 5.12. The summed E-state index contributed by atoms with van der Waals surface area (Å²) in [4.78, 5) is 0. The van der Waals surface area contributed by atoms with Crippen molar-refractivity contribution in [2.75, 3.05) is 14.2 Å². The zero-order valence-corrected chi connectivity index (χ0v) is 11.7. The first-order valence-corrected chi connectivity index (χ1v) is 7.24. The maximum absolute atomic E-state index is 14.4. The Morgan fingerprint density at radius 3 is 2.74 bits per heavy atom. The molecule has 0 heterocycles. The zero-order valence-electron chi connectivity index (χ0n) is 11.7. The molecule has 0 aromatic heterocycles. The van der Waals surface area contributed by atoms with E-state index >= 15 is 0 Å². The Morgan fingerprint density at radius 1 is 1.32 bits per heavy atom. The summed E-state index contributed by atoms with van der Waals surface area (Å²) in [5.41, 5.74) is 0.763. The molecule has 0 saturated heterocycles. The van der Waals surface area contributed by atoms with E-state index in [0.29, 0.717) is 11.7 Å². The van der Waals surface area contributed by atoms with Gasteiger partial charge in [0.05, 0.1) is 7.11 Å². The summed E-state index contributed by atoms with van der Waals surface area (Å²) in [5, 5.41) is 3.34. The minimum atomic E-state index is -0.202. The maximum atomic E-state index is 14.4. The summed E-state index contributed by atoms with van der Waals surface area (Å²) in [5.74, 6) is 2.37. The molecule has 0 radical (unpaired) electrons. The van der Waals surface area contributed by atoms with Gasteiger partial charge in [0.25, 0.3) is 0 Å². The standard InChI is InChI=1S/C16H22FNO/c1-18-16(13-9-10-6-7-11(13)8-10)12-4-3-5-14(19-2)15(12)17/h3-5,10-11,13,16,18H,6-9H2,1-2H3.